The summed E-state index contributed by atoms with van der Waals surface area (Å²) in [5.41, 5.74) is 8.68. The van der Waals surface area contributed by atoms with Gasteiger partial charge in [-0.1, -0.05) is 0 Å². The van der Waals surface area contributed by atoms with Crippen molar-refractivity contribution in [3.05, 3.63) is 33.5 Å². The molecule has 1 heterocycles. The Morgan fingerprint density at radius 2 is 2.19 bits per heavy atom. The lowest BCUT2D eigenvalue weighted by Crippen LogP contribution is -2.13. The molecular formula is C12H14IN3. The zero-order valence-corrected chi connectivity index (χ0v) is 11.3. The Morgan fingerprint density at radius 3 is 2.94 bits per heavy atom. The normalized spacial score (nSPS) is 10.7. The zero-order chi connectivity index (χ0) is 11.5. The molecule has 0 atom stereocenters. The molecular weight excluding hydrogens is 313 g/mol. The van der Waals surface area contributed by atoms with E-state index >= 15 is 0 Å². The van der Waals surface area contributed by atoms with Gasteiger partial charge in [-0.25, -0.2) is 0 Å². The van der Waals surface area contributed by atoms with Crippen LogP contribution in [0.3, 0.4) is 0 Å². The number of halogens is 1. The predicted octanol–water partition coefficient (Wildman–Crippen LogP) is 2.52. The molecule has 0 aliphatic heterocycles. The first-order valence-corrected chi connectivity index (χ1v) is 6.29. The quantitative estimate of drug-likeness (QED) is 0.852. The highest BCUT2D eigenvalue weighted by Crippen LogP contribution is 2.24. The molecule has 3 N–H and O–H groups in total. The van der Waals surface area contributed by atoms with Gasteiger partial charge in [-0.15, -0.1) is 0 Å². The number of fused-ring (bicyclic) bond motifs is 1. The van der Waals surface area contributed by atoms with E-state index in [4.69, 9.17) is 5.73 Å². The molecule has 1 aromatic heterocycles. The first-order valence-electron chi connectivity index (χ1n) is 5.21. The van der Waals surface area contributed by atoms with Crippen molar-refractivity contribution in [2.75, 3.05) is 18.4 Å². The second kappa shape index (κ2) is 4.97. The smallest absolute Gasteiger partial charge is 0.0726 e. The fraction of sp³-hybridized carbons (Fsp3) is 0.250. The Labute approximate surface area is 109 Å². The second-order valence-corrected chi connectivity index (χ2v) is 4.93. The molecule has 0 radical (unpaired) electrons. The summed E-state index contributed by atoms with van der Waals surface area (Å²) >= 11 is 2.31. The summed E-state index contributed by atoms with van der Waals surface area (Å²) < 4.78 is 1.21. The van der Waals surface area contributed by atoms with Crippen molar-refractivity contribution in [1.29, 1.82) is 0 Å². The molecule has 0 unspecified atom stereocenters. The molecule has 0 saturated carbocycles. The number of nitrogens with two attached hydrogens (primary N) is 1. The largest absolute Gasteiger partial charge is 0.383 e. The molecule has 3 nitrogen and oxygen atoms in total. The lowest BCUT2D eigenvalue weighted by molar-refractivity contribution is 1.02. The number of nitrogens with one attached hydrogen (secondary N) is 1. The molecule has 0 saturated heterocycles. The number of hydrogen-bond acceptors (Lipinski definition) is 3. The van der Waals surface area contributed by atoms with Crippen LogP contribution in [0.1, 0.15) is 5.69 Å². The monoisotopic (exact) mass is 327 g/mol. The molecule has 16 heavy (non-hydrogen) atoms. The van der Waals surface area contributed by atoms with Gasteiger partial charge in [0.25, 0.3) is 0 Å². The van der Waals surface area contributed by atoms with E-state index in [1.54, 1.807) is 0 Å². The van der Waals surface area contributed by atoms with E-state index in [9.17, 15) is 0 Å². The number of anilines is 1. The van der Waals surface area contributed by atoms with Gasteiger partial charge in [0.05, 0.1) is 5.52 Å². The summed E-state index contributed by atoms with van der Waals surface area (Å²) in [5, 5.41) is 4.50. The molecule has 0 fully saturated rings. The molecule has 84 valence electrons. The summed E-state index contributed by atoms with van der Waals surface area (Å²) in [6.45, 7) is 3.42. The molecule has 1 aromatic carbocycles. The minimum absolute atomic E-state index is 0.632. The van der Waals surface area contributed by atoms with Crippen molar-refractivity contribution in [2.24, 2.45) is 5.73 Å². The Hall–Kier alpha value is -0.880. The first kappa shape index (κ1) is 11.6. The van der Waals surface area contributed by atoms with Crippen molar-refractivity contribution in [3.63, 3.8) is 0 Å². The van der Waals surface area contributed by atoms with Crippen LogP contribution in [-0.4, -0.2) is 18.1 Å². The average Bonchev–Trinajstić information content (AvgIpc) is 2.26. The van der Waals surface area contributed by atoms with Gasteiger partial charge in [-0.05, 0) is 53.8 Å². The highest BCUT2D eigenvalue weighted by molar-refractivity contribution is 14.1. The third-order valence-corrected chi connectivity index (χ3v) is 3.03. The number of aryl methyl sites for hydroxylation is 1. The van der Waals surface area contributed by atoms with Gasteiger partial charge in [0, 0.05) is 33.4 Å². The lowest BCUT2D eigenvalue weighted by atomic mass is 10.1. The SMILES string of the molecule is Cc1cc(NCCN)c2cc(I)ccc2n1. The van der Waals surface area contributed by atoms with Gasteiger partial charge < -0.3 is 11.1 Å². The maximum Gasteiger partial charge on any atom is 0.0726 e. The highest BCUT2D eigenvalue weighted by atomic mass is 127. The van der Waals surface area contributed by atoms with Crippen molar-refractivity contribution < 1.29 is 0 Å². The highest BCUT2D eigenvalue weighted by Gasteiger charge is 2.03. The van der Waals surface area contributed by atoms with Crippen LogP contribution in [0.15, 0.2) is 24.3 Å². The number of hydrogen-bond donors (Lipinski definition) is 2. The fourth-order valence-corrected chi connectivity index (χ4v) is 2.17. The van der Waals surface area contributed by atoms with Gasteiger partial charge in [0.1, 0.15) is 0 Å². The van der Waals surface area contributed by atoms with E-state index in [1.165, 1.54) is 3.57 Å². The molecule has 0 aliphatic rings. The van der Waals surface area contributed by atoms with Crippen molar-refractivity contribution in [2.45, 2.75) is 6.92 Å². The summed E-state index contributed by atoms with van der Waals surface area (Å²) in [4.78, 5) is 4.51. The third kappa shape index (κ3) is 2.44. The molecule has 0 aliphatic carbocycles. The van der Waals surface area contributed by atoms with Gasteiger partial charge in [0.2, 0.25) is 0 Å². The minimum atomic E-state index is 0.632. The fourth-order valence-electron chi connectivity index (χ4n) is 1.68. The van der Waals surface area contributed by atoms with Crippen LogP contribution in [0.2, 0.25) is 0 Å². The molecule has 2 aromatic rings. The Balaban J connectivity index is 2.55. The summed E-state index contributed by atoms with van der Waals surface area (Å²) in [6.07, 6.45) is 0. The standard InChI is InChI=1S/C12H14IN3/c1-8-6-12(15-5-4-14)10-7-9(13)2-3-11(10)16-8/h2-3,6-7H,4-5,14H2,1H3,(H,15,16). The third-order valence-electron chi connectivity index (χ3n) is 2.36. The van der Waals surface area contributed by atoms with Crippen LogP contribution < -0.4 is 11.1 Å². The van der Waals surface area contributed by atoms with Crippen LogP contribution in [-0.2, 0) is 0 Å². The molecule has 2 rings (SSSR count). The predicted molar refractivity (Wildman–Crippen MR) is 76.7 cm³/mol. The van der Waals surface area contributed by atoms with E-state index in [0.717, 1.165) is 28.8 Å². The minimum Gasteiger partial charge on any atom is -0.383 e. The van der Waals surface area contributed by atoms with Gasteiger partial charge in [-0.3, -0.25) is 4.98 Å². The number of rotatable bonds is 3. The van der Waals surface area contributed by atoms with E-state index in [1.807, 2.05) is 6.92 Å². The average molecular weight is 327 g/mol. The lowest BCUT2D eigenvalue weighted by Gasteiger charge is -2.10. The van der Waals surface area contributed by atoms with Crippen LogP contribution in [0.4, 0.5) is 5.69 Å². The molecule has 0 amide bonds. The topological polar surface area (TPSA) is 50.9 Å². The van der Waals surface area contributed by atoms with Gasteiger partial charge >= 0.3 is 0 Å². The maximum atomic E-state index is 5.51. The number of nitrogens with zero attached hydrogens (tertiary/aromatic N) is 1. The number of pyridine rings is 1. The van der Waals surface area contributed by atoms with Crippen molar-refractivity contribution >= 4 is 39.2 Å². The Kier molecular flexibility index (Phi) is 3.60. The molecule has 0 spiro atoms. The maximum absolute atomic E-state index is 5.51. The number of benzene rings is 1. The number of aromatic nitrogens is 1. The summed E-state index contributed by atoms with van der Waals surface area (Å²) in [6, 6.07) is 8.33. The summed E-state index contributed by atoms with van der Waals surface area (Å²) in [5.74, 6) is 0. The zero-order valence-electron chi connectivity index (χ0n) is 9.13. The Morgan fingerprint density at radius 1 is 1.38 bits per heavy atom. The Bertz CT molecular complexity index is 511. The van der Waals surface area contributed by atoms with E-state index in [-0.39, 0.29) is 0 Å². The van der Waals surface area contributed by atoms with Crippen LogP contribution in [0.5, 0.6) is 0 Å². The first-order chi connectivity index (χ1) is 7.70. The van der Waals surface area contributed by atoms with Crippen LogP contribution in [0.25, 0.3) is 10.9 Å². The van der Waals surface area contributed by atoms with E-state index in [0.29, 0.717) is 6.54 Å². The second-order valence-electron chi connectivity index (χ2n) is 3.69. The van der Waals surface area contributed by atoms with Gasteiger partial charge in [0.15, 0.2) is 0 Å². The molecule has 4 heteroatoms. The van der Waals surface area contributed by atoms with Crippen molar-refractivity contribution in [1.82, 2.24) is 4.98 Å². The van der Waals surface area contributed by atoms with Crippen LogP contribution in [0, 0.1) is 10.5 Å². The van der Waals surface area contributed by atoms with Gasteiger partial charge in [-0.2, -0.15) is 0 Å². The van der Waals surface area contributed by atoms with Crippen molar-refractivity contribution in [3.8, 4) is 0 Å². The van der Waals surface area contributed by atoms with E-state index < -0.39 is 0 Å². The molecule has 0 bridgehead atoms. The van der Waals surface area contributed by atoms with Crippen LogP contribution >= 0.6 is 22.6 Å². The summed E-state index contributed by atoms with van der Waals surface area (Å²) in [7, 11) is 0. The van der Waals surface area contributed by atoms with E-state index in [2.05, 4.69) is 57.2 Å².